The number of nitrogens with zero attached hydrogens (tertiary/aromatic N) is 2. The van der Waals surface area contributed by atoms with Crippen LogP contribution in [-0.2, 0) is 13.5 Å². The van der Waals surface area contributed by atoms with E-state index in [4.69, 9.17) is 0 Å². The molecule has 0 aliphatic rings. The van der Waals surface area contributed by atoms with Crippen LogP contribution in [0.5, 0.6) is 0 Å². The first-order valence-corrected chi connectivity index (χ1v) is 6.38. The molecular weight excluding hydrogens is 224 g/mol. The molecule has 0 fully saturated rings. The summed E-state index contributed by atoms with van der Waals surface area (Å²) >= 11 is 0. The van der Waals surface area contributed by atoms with Gasteiger partial charge in [-0.15, -0.1) is 0 Å². The summed E-state index contributed by atoms with van der Waals surface area (Å²) < 4.78 is 1.89. The fourth-order valence-corrected chi connectivity index (χ4v) is 2.16. The van der Waals surface area contributed by atoms with Crippen LogP contribution in [0.2, 0.25) is 0 Å². The number of aliphatic hydroxyl groups excluding tert-OH is 1. The largest absolute Gasteiger partial charge is 0.388 e. The van der Waals surface area contributed by atoms with Gasteiger partial charge in [-0.3, -0.25) is 4.68 Å². The molecule has 1 heterocycles. The molecule has 18 heavy (non-hydrogen) atoms. The summed E-state index contributed by atoms with van der Waals surface area (Å²) in [4.78, 5) is 0. The SMILES string of the molecule is CC(CCc1ccnn1C)C(O)c1ccccc1. The number of hydrogen-bond acceptors (Lipinski definition) is 2. The van der Waals surface area contributed by atoms with Crippen LogP contribution in [0.4, 0.5) is 0 Å². The highest BCUT2D eigenvalue weighted by Crippen LogP contribution is 2.25. The third-order valence-corrected chi connectivity index (χ3v) is 3.46. The van der Waals surface area contributed by atoms with Crippen molar-refractivity contribution in [1.29, 1.82) is 0 Å². The van der Waals surface area contributed by atoms with Crippen molar-refractivity contribution < 1.29 is 5.11 Å². The molecule has 3 nitrogen and oxygen atoms in total. The van der Waals surface area contributed by atoms with Crippen LogP contribution in [0.15, 0.2) is 42.6 Å². The lowest BCUT2D eigenvalue weighted by Crippen LogP contribution is -2.11. The van der Waals surface area contributed by atoms with Gasteiger partial charge in [-0.1, -0.05) is 37.3 Å². The lowest BCUT2D eigenvalue weighted by Gasteiger charge is -2.19. The minimum Gasteiger partial charge on any atom is -0.388 e. The molecule has 96 valence electrons. The molecule has 0 aliphatic heterocycles. The van der Waals surface area contributed by atoms with Gasteiger partial charge in [-0.25, -0.2) is 0 Å². The van der Waals surface area contributed by atoms with Crippen LogP contribution in [0.1, 0.15) is 30.7 Å². The Bertz CT molecular complexity index is 478. The van der Waals surface area contributed by atoms with Crippen LogP contribution in [0.3, 0.4) is 0 Å². The first kappa shape index (κ1) is 12.8. The molecule has 0 saturated heterocycles. The lowest BCUT2D eigenvalue weighted by atomic mass is 9.93. The summed E-state index contributed by atoms with van der Waals surface area (Å²) in [6.07, 6.45) is 3.32. The van der Waals surface area contributed by atoms with E-state index >= 15 is 0 Å². The summed E-state index contributed by atoms with van der Waals surface area (Å²) in [5.74, 6) is 0.238. The lowest BCUT2D eigenvalue weighted by molar-refractivity contribution is 0.112. The van der Waals surface area contributed by atoms with Gasteiger partial charge in [0, 0.05) is 18.9 Å². The molecule has 0 bridgehead atoms. The summed E-state index contributed by atoms with van der Waals surface area (Å²) in [6, 6.07) is 11.9. The van der Waals surface area contributed by atoms with E-state index in [1.54, 1.807) is 0 Å². The quantitative estimate of drug-likeness (QED) is 0.878. The molecule has 1 aromatic carbocycles. The van der Waals surface area contributed by atoms with Crippen molar-refractivity contribution >= 4 is 0 Å². The van der Waals surface area contributed by atoms with Gasteiger partial charge < -0.3 is 5.11 Å². The average Bonchev–Trinajstić information content (AvgIpc) is 2.81. The molecule has 0 amide bonds. The van der Waals surface area contributed by atoms with Gasteiger partial charge in [0.2, 0.25) is 0 Å². The summed E-state index contributed by atoms with van der Waals surface area (Å²) in [5, 5.41) is 14.4. The van der Waals surface area contributed by atoms with E-state index < -0.39 is 0 Å². The number of aromatic nitrogens is 2. The van der Waals surface area contributed by atoms with Crippen LogP contribution >= 0.6 is 0 Å². The molecule has 2 atom stereocenters. The standard InChI is InChI=1S/C15H20N2O/c1-12(8-9-14-10-11-16-17(14)2)15(18)13-6-4-3-5-7-13/h3-7,10-12,15,18H,8-9H2,1-2H3. The molecule has 2 rings (SSSR count). The molecule has 1 aromatic heterocycles. The number of benzene rings is 1. The van der Waals surface area contributed by atoms with Crippen molar-refractivity contribution in [2.24, 2.45) is 13.0 Å². The van der Waals surface area contributed by atoms with E-state index in [-0.39, 0.29) is 12.0 Å². The van der Waals surface area contributed by atoms with Gasteiger partial charge in [0.15, 0.2) is 0 Å². The van der Waals surface area contributed by atoms with Crippen molar-refractivity contribution in [3.05, 3.63) is 53.9 Å². The predicted octanol–water partition coefficient (Wildman–Crippen LogP) is 2.72. The van der Waals surface area contributed by atoms with Crippen LogP contribution in [0, 0.1) is 5.92 Å². The van der Waals surface area contributed by atoms with Crippen LogP contribution in [-0.4, -0.2) is 14.9 Å². The number of aliphatic hydroxyl groups is 1. The molecule has 0 radical (unpaired) electrons. The zero-order valence-corrected chi connectivity index (χ0v) is 11.0. The van der Waals surface area contributed by atoms with E-state index in [0.29, 0.717) is 0 Å². The topological polar surface area (TPSA) is 38.0 Å². The predicted molar refractivity (Wildman–Crippen MR) is 72.1 cm³/mol. The zero-order valence-electron chi connectivity index (χ0n) is 11.0. The van der Waals surface area contributed by atoms with E-state index in [9.17, 15) is 5.11 Å². The van der Waals surface area contributed by atoms with Gasteiger partial charge in [0.05, 0.1) is 6.10 Å². The zero-order chi connectivity index (χ0) is 13.0. The fraction of sp³-hybridized carbons (Fsp3) is 0.400. The molecule has 0 saturated carbocycles. The van der Waals surface area contributed by atoms with Gasteiger partial charge in [-0.2, -0.15) is 5.10 Å². The van der Waals surface area contributed by atoms with E-state index in [0.717, 1.165) is 18.4 Å². The summed E-state index contributed by atoms with van der Waals surface area (Å²) in [7, 11) is 1.95. The Hall–Kier alpha value is -1.61. The fourth-order valence-electron chi connectivity index (χ4n) is 2.16. The number of rotatable bonds is 5. The molecule has 0 aliphatic carbocycles. The van der Waals surface area contributed by atoms with E-state index in [1.807, 2.05) is 54.3 Å². The highest BCUT2D eigenvalue weighted by atomic mass is 16.3. The second-order valence-corrected chi connectivity index (χ2v) is 4.82. The van der Waals surface area contributed by atoms with Crippen molar-refractivity contribution in [3.8, 4) is 0 Å². The van der Waals surface area contributed by atoms with Crippen molar-refractivity contribution in [1.82, 2.24) is 9.78 Å². The first-order valence-electron chi connectivity index (χ1n) is 6.38. The minimum absolute atomic E-state index is 0.238. The first-order chi connectivity index (χ1) is 8.68. The van der Waals surface area contributed by atoms with Crippen LogP contribution < -0.4 is 0 Å². The van der Waals surface area contributed by atoms with Gasteiger partial charge >= 0.3 is 0 Å². The highest BCUT2D eigenvalue weighted by molar-refractivity contribution is 5.17. The maximum absolute atomic E-state index is 10.3. The van der Waals surface area contributed by atoms with Crippen LogP contribution in [0.25, 0.3) is 0 Å². The number of hydrogen-bond donors (Lipinski definition) is 1. The van der Waals surface area contributed by atoms with E-state index in [1.165, 1.54) is 5.69 Å². The Morgan fingerprint density at radius 2 is 1.94 bits per heavy atom. The highest BCUT2D eigenvalue weighted by Gasteiger charge is 2.16. The second kappa shape index (κ2) is 5.83. The Balaban J connectivity index is 1.92. The summed E-state index contributed by atoms with van der Waals surface area (Å²) in [6.45, 7) is 2.09. The molecule has 2 unspecified atom stereocenters. The normalized spacial score (nSPS) is 14.4. The molecular formula is C15H20N2O. The van der Waals surface area contributed by atoms with Gasteiger partial charge in [0.25, 0.3) is 0 Å². The maximum atomic E-state index is 10.3. The third-order valence-electron chi connectivity index (χ3n) is 3.46. The van der Waals surface area contributed by atoms with Crippen molar-refractivity contribution in [3.63, 3.8) is 0 Å². The molecule has 0 spiro atoms. The Kier molecular flexibility index (Phi) is 4.15. The average molecular weight is 244 g/mol. The number of aryl methyl sites for hydroxylation is 2. The monoisotopic (exact) mass is 244 g/mol. The Labute approximate surface area is 108 Å². The minimum atomic E-state index is -0.389. The Morgan fingerprint density at radius 3 is 2.56 bits per heavy atom. The molecule has 1 N–H and O–H groups in total. The maximum Gasteiger partial charge on any atom is 0.0815 e. The summed E-state index contributed by atoms with van der Waals surface area (Å²) in [5.41, 5.74) is 2.21. The second-order valence-electron chi connectivity index (χ2n) is 4.82. The molecule has 3 heteroatoms. The third kappa shape index (κ3) is 2.99. The van der Waals surface area contributed by atoms with Crippen molar-refractivity contribution in [2.75, 3.05) is 0 Å². The Morgan fingerprint density at radius 1 is 1.22 bits per heavy atom. The smallest absolute Gasteiger partial charge is 0.0815 e. The van der Waals surface area contributed by atoms with Gasteiger partial charge in [-0.05, 0) is 30.4 Å². The van der Waals surface area contributed by atoms with Crippen molar-refractivity contribution in [2.45, 2.75) is 25.9 Å². The van der Waals surface area contributed by atoms with Gasteiger partial charge in [0.1, 0.15) is 0 Å². The molecule has 2 aromatic rings. The van der Waals surface area contributed by atoms with E-state index in [2.05, 4.69) is 12.0 Å².